The number of rotatable bonds is 3. The van der Waals surface area contributed by atoms with Crippen LogP contribution in [0.15, 0.2) is 48.2 Å². The molecule has 4 nitrogen and oxygen atoms in total. The van der Waals surface area contributed by atoms with Gasteiger partial charge in [-0.1, -0.05) is 31.2 Å². The number of piperidine rings is 1. The van der Waals surface area contributed by atoms with Gasteiger partial charge in [-0.3, -0.25) is 9.59 Å². The number of likely N-dealkylation sites (tertiary alicyclic amines) is 1. The summed E-state index contributed by atoms with van der Waals surface area (Å²) in [6.07, 6.45) is 1.95. The van der Waals surface area contributed by atoms with E-state index in [1.807, 2.05) is 36.9 Å². The number of amides is 2. The molecule has 0 N–H and O–H groups in total. The maximum Gasteiger partial charge on any atom is 0.282 e. The molecule has 4 rings (SSSR count). The number of carbonyl (C=O) groups excluding carboxylic acids is 2. The highest BCUT2D eigenvalue weighted by atomic mass is 19.1. The van der Waals surface area contributed by atoms with Crippen LogP contribution >= 0.6 is 0 Å². The van der Waals surface area contributed by atoms with E-state index in [9.17, 15) is 14.0 Å². The maximum absolute atomic E-state index is 13.8. The Morgan fingerprint density at radius 1 is 0.931 bits per heavy atom. The molecule has 2 amide bonds. The summed E-state index contributed by atoms with van der Waals surface area (Å²) in [6, 6.07) is 11.5. The zero-order valence-electron chi connectivity index (χ0n) is 17.0. The lowest BCUT2D eigenvalue weighted by atomic mass is 9.96. The molecule has 0 saturated carbocycles. The van der Waals surface area contributed by atoms with Crippen molar-refractivity contribution in [3.63, 3.8) is 0 Å². The molecule has 2 aliphatic rings. The lowest BCUT2D eigenvalue weighted by Crippen LogP contribution is -2.38. The van der Waals surface area contributed by atoms with Gasteiger partial charge in [-0.2, -0.15) is 0 Å². The summed E-state index contributed by atoms with van der Waals surface area (Å²) in [5, 5.41) is 0. The highest BCUT2D eigenvalue weighted by Crippen LogP contribution is 2.37. The van der Waals surface area contributed by atoms with Crippen molar-refractivity contribution in [1.29, 1.82) is 0 Å². The van der Waals surface area contributed by atoms with Gasteiger partial charge in [0, 0.05) is 13.1 Å². The third kappa shape index (κ3) is 3.46. The van der Waals surface area contributed by atoms with Gasteiger partial charge in [0.05, 0.1) is 11.3 Å². The molecule has 0 atom stereocenters. The smallest absolute Gasteiger partial charge is 0.282 e. The van der Waals surface area contributed by atoms with Crippen LogP contribution in [0.4, 0.5) is 10.1 Å². The van der Waals surface area contributed by atoms with Crippen LogP contribution in [0.1, 0.15) is 36.5 Å². The predicted molar refractivity (Wildman–Crippen MR) is 112 cm³/mol. The van der Waals surface area contributed by atoms with Gasteiger partial charge in [-0.15, -0.1) is 0 Å². The molecular weight excluding hydrogens is 367 g/mol. The molecule has 2 aromatic carbocycles. The minimum atomic E-state index is -0.476. The average molecular weight is 392 g/mol. The van der Waals surface area contributed by atoms with E-state index in [1.54, 1.807) is 6.07 Å². The predicted octanol–water partition coefficient (Wildman–Crippen LogP) is 4.46. The molecule has 2 aliphatic heterocycles. The number of hydrogen-bond acceptors (Lipinski definition) is 3. The highest BCUT2D eigenvalue weighted by Gasteiger charge is 2.43. The van der Waals surface area contributed by atoms with Crippen LogP contribution in [-0.2, 0) is 9.59 Å². The summed E-state index contributed by atoms with van der Waals surface area (Å²) < 4.78 is 13.8. The second-order valence-electron chi connectivity index (χ2n) is 8.12. The summed E-state index contributed by atoms with van der Waals surface area (Å²) in [5.41, 5.74) is 4.04. The van der Waals surface area contributed by atoms with E-state index < -0.39 is 11.7 Å². The minimum Gasteiger partial charge on any atom is -0.366 e. The highest BCUT2D eigenvalue weighted by molar-refractivity contribution is 6.45. The Hall–Kier alpha value is -2.95. The van der Waals surface area contributed by atoms with Crippen LogP contribution in [0.5, 0.6) is 0 Å². The second kappa shape index (κ2) is 7.47. The third-order valence-electron chi connectivity index (χ3n) is 6.02. The first kappa shape index (κ1) is 19.4. The number of benzene rings is 2. The number of nitrogens with zero attached hydrogens (tertiary/aromatic N) is 2. The molecule has 0 bridgehead atoms. The number of carbonyl (C=O) groups is 2. The van der Waals surface area contributed by atoms with Crippen molar-refractivity contribution in [2.45, 2.75) is 33.6 Å². The number of imide groups is 1. The number of hydrogen-bond donors (Lipinski definition) is 0. The molecule has 0 unspecified atom stereocenters. The number of halogens is 1. The Morgan fingerprint density at radius 3 is 2.31 bits per heavy atom. The van der Waals surface area contributed by atoms with Gasteiger partial charge in [0.15, 0.2) is 0 Å². The van der Waals surface area contributed by atoms with Gasteiger partial charge in [0.2, 0.25) is 0 Å². The lowest BCUT2D eigenvalue weighted by molar-refractivity contribution is -0.120. The van der Waals surface area contributed by atoms with E-state index in [2.05, 4.69) is 6.92 Å². The van der Waals surface area contributed by atoms with Crippen molar-refractivity contribution in [2.75, 3.05) is 18.0 Å². The summed E-state index contributed by atoms with van der Waals surface area (Å²) >= 11 is 0. The molecule has 29 heavy (non-hydrogen) atoms. The molecular formula is C24H25FN2O2. The van der Waals surface area contributed by atoms with Crippen molar-refractivity contribution in [3.8, 4) is 0 Å². The van der Waals surface area contributed by atoms with Gasteiger partial charge < -0.3 is 4.90 Å². The first-order valence-electron chi connectivity index (χ1n) is 10.1. The van der Waals surface area contributed by atoms with E-state index in [4.69, 9.17) is 0 Å². The first-order chi connectivity index (χ1) is 13.9. The van der Waals surface area contributed by atoms with Crippen LogP contribution in [0, 0.1) is 25.6 Å². The summed E-state index contributed by atoms with van der Waals surface area (Å²) in [4.78, 5) is 30.0. The van der Waals surface area contributed by atoms with E-state index in [0.717, 1.165) is 47.5 Å². The van der Waals surface area contributed by atoms with Crippen molar-refractivity contribution in [2.24, 2.45) is 5.92 Å². The fraction of sp³-hybridized carbons (Fsp3) is 0.333. The van der Waals surface area contributed by atoms with Crippen molar-refractivity contribution < 1.29 is 14.0 Å². The summed E-state index contributed by atoms with van der Waals surface area (Å²) in [5.74, 6) is -0.639. The van der Waals surface area contributed by atoms with Crippen LogP contribution in [0.3, 0.4) is 0 Å². The Kier molecular flexibility index (Phi) is 4.99. The zero-order chi connectivity index (χ0) is 20.7. The molecule has 5 heteroatoms. The topological polar surface area (TPSA) is 40.6 Å². The minimum absolute atomic E-state index is 0.265. The van der Waals surface area contributed by atoms with Gasteiger partial charge in [-0.25, -0.2) is 9.29 Å². The molecule has 2 aromatic rings. The lowest BCUT2D eigenvalue weighted by Gasteiger charge is -2.32. The summed E-state index contributed by atoms with van der Waals surface area (Å²) in [6.45, 7) is 7.69. The largest absolute Gasteiger partial charge is 0.366 e. The van der Waals surface area contributed by atoms with Crippen LogP contribution in [0.2, 0.25) is 0 Å². The van der Waals surface area contributed by atoms with E-state index in [0.29, 0.717) is 17.2 Å². The molecule has 0 aromatic heterocycles. The normalized spacial score (nSPS) is 18.2. The Bertz CT molecular complexity index is 1020. The number of aryl methyl sites for hydroxylation is 2. The van der Waals surface area contributed by atoms with Crippen LogP contribution < -0.4 is 4.90 Å². The monoisotopic (exact) mass is 392 g/mol. The molecule has 1 fully saturated rings. The fourth-order valence-electron chi connectivity index (χ4n) is 4.05. The Balaban J connectivity index is 1.83. The SMILES string of the molecule is Cc1ccc(C2=C(N3CCC(C)CC3)C(=O)N(c3cccc(F)c3)C2=O)cc1C. The molecule has 1 saturated heterocycles. The zero-order valence-corrected chi connectivity index (χ0v) is 17.0. The van der Waals surface area contributed by atoms with E-state index >= 15 is 0 Å². The molecule has 0 aliphatic carbocycles. The molecule has 0 spiro atoms. The second-order valence-corrected chi connectivity index (χ2v) is 8.12. The molecule has 0 radical (unpaired) electrons. The van der Waals surface area contributed by atoms with Gasteiger partial charge >= 0.3 is 0 Å². The van der Waals surface area contributed by atoms with Gasteiger partial charge in [0.25, 0.3) is 11.8 Å². The maximum atomic E-state index is 13.8. The first-order valence-corrected chi connectivity index (χ1v) is 10.1. The fourth-order valence-corrected chi connectivity index (χ4v) is 4.05. The van der Waals surface area contributed by atoms with E-state index in [1.165, 1.54) is 18.2 Å². The Morgan fingerprint density at radius 2 is 1.66 bits per heavy atom. The van der Waals surface area contributed by atoms with Crippen molar-refractivity contribution in [3.05, 3.63) is 70.7 Å². The standard InChI is InChI=1S/C24H25FN2O2/c1-15-9-11-26(12-10-15)22-21(18-8-7-16(2)17(3)13-18)23(28)27(24(22)29)20-6-4-5-19(25)14-20/h4-8,13-15H,9-12H2,1-3H3. The summed E-state index contributed by atoms with van der Waals surface area (Å²) in [7, 11) is 0. The van der Waals surface area contributed by atoms with Crippen molar-refractivity contribution in [1.82, 2.24) is 4.90 Å². The average Bonchev–Trinajstić information content (AvgIpc) is 2.95. The quantitative estimate of drug-likeness (QED) is 0.724. The van der Waals surface area contributed by atoms with Crippen molar-refractivity contribution >= 4 is 23.1 Å². The van der Waals surface area contributed by atoms with Gasteiger partial charge in [0.1, 0.15) is 11.5 Å². The Labute approximate surface area is 170 Å². The molecule has 150 valence electrons. The number of anilines is 1. The third-order valence-corrected chi connectivity index (χ3v) is 6.02. The van der Waals surface area contributed by atoms with Crippen LogP contribution in [0.25, 0.3) is 5.57 Å². The van der Waals surface area contributed by atoms with Crippen LogP contribution in [-0.4, -0.2) is 29.8 Å². The molecule has 2 heterocycles. The van der Waals surface area contributed by atoms with Gasteiger partial charge in [-0.05, 0) is 67.5 Å². The van der Waals surface area contributed by atoms with E-state index in [-0.39, 0.29) is 11.6 Å².